The van der Waals surface area contributed by atoms with Crippen molar-refractivity contribution in [1.82, 2.24) is 20.3 Å². The van der Waals surface area contributed by atoms with Gasteiger partial charge >= 0.3 is 5.97 Å². The Balaban J connectivity index is 1.88. The maximum Gasteiger partial charge on any atom is 0.325 e. The van der Waals surface area contributed by atoms with E-state index in [-0.39, 0.29) is 23.6 Å². The largest absolute Gasteiger partial charge is 0.480 e. The van der Waals surface area contributed by atoms with Crippen molar-refractivity contribution >= 4 is 11.9 Å². The summed E-state index contributed by atoms with van der Waals surface area (Å²) in [5, 5.41) is 18.7. The molecule has 0 unspecified atom stereocenters. The van der Waals surface area contributed by atoms with Crippen LogP contribution >= 0.6 is 0 Å². The van der Waals surface area contributed by atoms with E-state index in [2.05, 4.69) is 22.6 Å². The Kier molecular flexibility index (Phi) is 4.33. The van der Waals surface area contributed by atoms with Gasteiger partial charge in [0.1, 0.15) is 6.54 Å². The minimum absolute atomic E-state index is 0.0327. The summed E-state index contributed by atoms with van der Waals surface area (Å²) in [7, 11) is 0. The van der Waals surface area contributed by atoms with Crippen LogP contribution < -0.4 is 5.32 Å². The molecule has 1 aliphatic heterocycles. The van der Waals surface area contributed by atoms with Gasteiger partial charge < -0.3 is 15.2 Å². The molecule has 0 radical (unpaired) electrons. The minimum atomic E-state index is -1.03. The smallest absolute Gasteiger partial charge is 0.325 e. The highest BCUT2D eigenvalue weighted by atomic mass is 16.5. The summed E-state index contributed by atoms with van der Waals surface area (Å²) in [5.41, 5.74) is 0.159. The second kappa shape index (κ2) is 6.00. The molecule has 0 bridgehead atoms. The van der Waals surface area contributed by atoms with Gasteiger partial charge in [0, 0.05) is 19.8 Å². The van der Waals surface area contributed by atoms with Crippen LogP contribution in [0.15, 0.2) is 6.20 Å². The highest BCUT2D eigenvalue weighted by Crippen LogP contribution is 2.28. The summed E-state index contributed by atoms with van der Waals surface area (Å²) in [6.45, 7) is 3.76. The number of hydrogen-bond acceptors (Lipinski definition) is 5. The van der Waals surface area contributed by atoms with Crippen molar-refractivity contribution in [3.05, 3.63) is 11.9 Å². The molecule has 1 aliphatic rings. The predicted octanol–water partition coefficient (Wildman–Crippen LogP) is -0.0908. The molecule has 2 N–H and O–H groups in total. The molecule has 2 heterocycles. The van der Waals surface area contributed by atoms with Crippen LogP contribution in [0.4, 0.5) is 0 Å². The topological polar surface area (TPSA) is 106 Å². The average molecular weight is 282 g/mol. The first kappa shape index (κ1) is 14.4. The second-order valence-electron chi connectivity index (χ2n) is 5.30. The molecule has 0 saturated carbocycles. The van der Waals surface area contributed by atoms with Crippen molar-refractivity contribution in [2.75, 3.05) is 19.8 Å². The van der Waals surface area contributed by atoms with Gasteiger partial charge in [-0.3, -0.25) is 9.59 Å². The van der Waals surface area contributed by atoms with Gasteiger partial charge in [-0.1, -0.05) is 12.1 Å². The number of aliphatic carboxylic acids is 1. The van der Waals surface area contributed by atoms with E-state index in [1.54, 1.807) is 0 Å². The van der Waals surface area contributed by atoms with E-state index in [1.165, 1.54) is 6.20 Å². The van der Waals surface area contributed by atoms with Gasteiger partial charge in [-0.25, -0.2) is 4.68 Å². The van der Waals surface area contributed by atoms with Crippen LogP contribution in [0.3, 0.4) is 0 Å². The van der Waals surface area contributed by atoms with Crippen LogP contribution in [-0.4, -0.2) is 51.7 Å². The predicted molar refractivity (Wildman–Crippen MR) is 68.2 cm³/mol. The minimum Gasteiger partial charge on any atom is -0.480 e. The van der Waals surface area contributed by atoms with Gasteiger partial charge in [-0.2, -0.15) is 0 Å². The Labute approximate surface area is 116 Å². The molecule has 1 fully saturated rings. The third kappa shape index (κ3) is 3.77. The molecule has 8 heteroatoms. The van der Waals surface area contributed by atoms with Gasteiger partial charge in [0.15, 0.2) is 5.69 Å². The first-order valence-electron chi connectivity index (χ1n) is 6.46. The van der Waals surface area contributed by atoms with Crippen LogP contribution in [0, 0.1) is 5.41 Å². The van der Waals surface area contributed by atoms with E-state index in [0.717, 1.165) is 17.5 Å². The Hall–Kier alpha value is -1.96. The number of carboxylic acids is 1. The van der Waals surface area contributed by atoms with E-state index in [4.69, 9.17) is 9.84 Å². The van der Waals surface area contributed by atoms with Crippen LogP contribution in [-0.2, 0) is 16.1 Å². The number of rotatable bonds is 5. The first-order valence-corrected chi connectivity index (χ1v) is 6.46. The van der Waals surface area contributed by atoms with Crippen molar-refractivity contribution in [2.45, 2.75) is 26.3 Å². The maximum atomic E-state index is 11.9. The number of amides is 1. The van der Waals surface area contributed by atoms with Crippen molar-refractivity contribution in [3.63, 3.8) is 0 Å². The number of carboxylic acid groups (broad SMARTS) is 1. The number of carbonyl (C=O) groups is 2. The van der Waals surface area contributed by atoms with Crippen LogP contribution in [0.5, 0.6) is 0 Å². The third-order valence-electron chi connectivity index (χ3n) is 3.44. The zero-order valence-corrected chi connectivity index (χ0v) is 11.3. The fraction of sp³-hybridized carbons (Fsp3) is 0.667. The summed E-state index contributed by atoms with van der Waals surface area (Å²) in [5.74, 6) is -1.37. The van der Waals surface area contributed by atoms with E-state index in [0.29, 0.717) is 19.8 Å². The molecule has 1 aromatic heterocycles. The highest BCUT2D eigenvalue weighted by Gasteiger charge is 2.28. The summed E-state index contributed by atoms with van der Waals surface area (Å²) in [6, 6.07) is 0. The second-order valence-corrected chi connectivity index (χ2v) is 5.30. The molecular formula is C12H18N4O4. The molecule has 110 valence electrons. The van der Waals surface area contributed by atoms with E-state index in [1.807, 2.05) is 0 Å². The third-order valence-corrected chi connectivity index (χ3v) is 3.44. The summed E-state index contributed by atoms with van der Waals surface area (Å²) < 4.78 is 6.42. The van der Waals surface area contributed by atoms with Gasteiger partial charge in [0.05, 0.1) is 6.20 Å². The summed E-state index contributed by atoms with van der Waals surface area (Å²) >= 11 is 0. The monoisotopic (exact) mass is 282 g/mol. The summed E-state index contributed by atoms with van der Waals surface area (Å²) in [4.78, 5) is 22.4. The lowest BCUT2D eigenvalue weighted by Crippen LogP contribution is -2.39. The standard InChI is InChI=1S/C12H18N4O4/c1-12(2-4-20-5-3-12)8-13-11(19)9-6-16(15-14-9)7-10(17)18/h6H,2-5,7-8H2,1H3,(H,13,19)(H,17,18). The number of aromatic nitrogens is 3. The number of carbonyl (C=O) groups excluding carboxylic acids is 1. The summed E-state index contributed by atoms with van der Waals surface area (Å²) in [6.07, 6.45) is 3.13. The van der Waals surface area contributed by atoms with Gasteiger partial charge in [-0.15, -0.1) is 5.10 Å². The highest BCUT2D eigenvalue weighted by molar-refractivity contribution is 5.91. The van der Waals surface area contributed by atoms with Crippen molar-refractivity contribution in [2.24, 2.45) is 5.41 Å². The number of ether oxygens (including phenoxy) is 1. The van der Waals surface area contributed by atoms with Crippen molar-refractivity contribution in [1.29, 1.82) is 0 Å². The molecule has 1 saturated heterocycles. The molecule has 8 nitrogen and oxygen atoms in total. The SMILES string of the molecule is CC1(CNC(=O)c2cn(CC(=O)O)nn2)CCOCC1. The Morgan fingerprint density at radius 1 is 1.50 bits per heavy atom. The average Bonchev–Trinajstić information content (AvgIpc) is 2.85. The van der Waals surface area contributed by atoms with Crippen molar-refractivity contribution < 1.29 is 19.4 Å². The Morgan fingerprint density at radius 2 is 2.20 bits per heavy atom. The lowest BCUT2D eigenvalue weighted by atomic mass is 9.82. The number of nitrogens with zero attached hydrogens (tertiary/aromatic N) is 3. The lowest BCUT2D eigenvalue weighted by Gasteiger charge is -2.33. The van der Waals surface area contributed by atoms with Gasteiger partial charge in [0.2, 0.25) is 0 Å². The van der Waals surface area contributed by atoms with E-state index in [9.17, 15) is 9.59 Å². The molecule has 2 rings (SSSR count). The molecule has 1 aromatic rings. The maximum absolute atomic E-state index is 11.9. The number of hydrogen-bond donors (Lipinski definition) is 2. The molecular weight excluding hydrogens is 264 g/mol. The zero-order valence-electron chi connectivity index (χ0n) is 11.3. The van der Waals surface area contributed by atoms with Gasteiger partial charge in [-0.05, 0) is 18.3 Å². The quantitative estimate of drug-likeness (QED) is 0.781. The first-order chi connectivity index (χ1) is 9.48. The molecule has 0 atom stereocenters. The normalized spacial score (nSPS) is 17.6. The molecule has 20 heavy (non-hydrogen) atoms. The zero-order chi connectivity index (χ0) is 14.6. The fourth-order valence-corrected chi connectivity index (χ4v) is 2.04. The molecule has 1 amide bonds. The van der Waals surface area contributed by atoms with Crippen LogP contribution in [0.25, 0.3) is 0 Å². The number of nitrogens with one attached hydrogen (secondary N) is 1. The van der Waals surface area contributed by atoms with Gasteiger partial charge in [0.25, 0.3) is 5.91 Å². The Morgan fingerprint density at radius 3 is 2.85 bits per heavy atom. The van der Waals surface area contributed by atoms with E-state index < -0.39 is 5.97 Å². The molecule has 0 aromatic carbocycles. The van der Waals surface area contributed by atoms with Crippen LogP contribution in [0.2, 0.25) is 0 Å². The van der Waals surface area contributed by atoms with E-state index >= 15 is 0 Å². The van der Waals surface area contributed by atoms with Crippen molar-refractivity contribution in [3.8, 4) is 0 Å². The molecule has 0 spiro atoms. The fourth-order valence-electron chi connectivity index (χ4n) is 2.04. The van der Waals surface area contributed by atoms with Crippen LogP contribution in [0.1, 0.15) is 30.3 Å². The Bertz CT molecular complexity index is 493. The lowest BCUT2D eigenvalue weighted by molar-refractivity contribution is -0.137. The molecule has 0 aliphatic carbocycles.